The fourth-order valence-corrected chi connectivity index (χ4v) is 8.78. The minimum atomic E-state index is -1.58. The molecule has 0 radical (unpaired) electrons. The van der Waals surface area contributed by atoms with Crippen molar-refractivity contribution in [2.75, 3.05) is 19.8 Å². The zero-order valence-electron chi connectivity index (χ0n) is 43.1. The molecule has 6 N–H and O–H groups in total. The molecule has 1 rings (SSSR count). The number of amides is 1. The summed E-state index contributed by atoms with van der Waals surface area (Å²) in [6.45, 7) is 4.29. The summed E-state index contributed by atoms with van der Waals surface area (Å²) < 4.78 is 16.7. The van der Waals surface area contributed by atoms with Crippen LogP contribution in [-0.4, -0.2) is 100 Å². The number of aliphatic hydroxyl groups excluding tert-OH is 5. The number of hydrogen-bond acceptors (Lipinski definition) is 10. The van der Waals surface area contributed by atoms with Gasteiger partial charge in [0, 0.05) is 12.8 Å². The van der Waals surface area contributed by atoms with Gasteiger partial charge in [-0.05, 0) is 57.8 Å². The lowest BCUT2D eigenvalue weighted by Crippen LogP contribution is -2.60. The first-order chi connectivity index (χ1) is 32.7. The third kappa shape index (κ3) is 36.7. The van der Waals surface area contributed by atoms with E-state index in [0.29, 0.717) is 19.4 Å². The van der Waals surface area contributed by atoms with Crippen molar-refractivity contribution in [1.82, 2.24) is 5.32 Å². The van der Waals surface area contributed by atoms with Gasteiger partial charge in [-0.25, -0.2) is 0 Å². The molecule has 0 spiro atoms. The third-order valence-corrected chi connectivity index (χ3v) is 13.3. The molecule has 7 atom stereocenters. The zero-order valence-corrected chi connectivity index (χ0v) is 43.1. The van der Waals surface area contributed by atoms with Crippen molar-refractivity contribution in [3.8, 4) is 0 Å². The highest BCUT2D eigenvalue weighted by molar-refractivity contribution is 5.76. The molecule has 0 aromatic carbocycles. The van der Waals surface area contributed by atoms with Gasteiger partial charge in [0.1, 0.15) is 24.4 Å². The molecule has 0 aromatic heterocycles. The molecule has 11 heteroatoms. The Hall–Kier alpha value is -1.86. The number of allylic oxidation sites excluding steroid dienone is 3. The van der Waals surface area contributed by atoms with Gasteiger partial charge in [0.05, 0.1) is 32.0 Å². The molecule has 11 nitrogen and oxygen atoms in total. The van der Waals surface area contributed by atoms with Crippen LogP contribution in [0, 0.1) is 0 Å². The minimum absolute atomic E-state index is 0.0297. The Morgan fingerprint density at radius 2 is 0.955 bits per heavy atom. The van der Waals surface area contributed by atoms with Gasteiger partial charge in [0.15, 0.2) is 6.29 Å². The molecule has 1 aliphatic heterocycles. The Kier molecular flexibility index (Phi) is 43.8. The molecule has 1 heterocycles. The van der Waals surface area contributed by atoms with Crippen LogP contribution >= 0.6 is 0 Å². The summed E-state index contributed by atoms with van der Waals surface area (Å²) in [7, 11) is 0. The monoisotopic (exact) mass is 952 g/mol. The van der Waals surface area contributed by atoms with E-state index in [2.05, 4.69) is 31.3 Å². The number of esters is 1. The van der Waals surface area contributed by atoms with Crippen LogP contribution in [-0.2, 0) is 23.8 Å². The molecule has 67 heavy (non-hydrogen) atoms. The van der Waals surface area contributed by atoms with Crippen molar-refractivity contribution in [1.29, 1.82) is 0 Å². The SMILES string of the molecule is CCCCCCCCCCCCC/C=C/C(O)C(COC1OC(CO)C(O)C(O)C1O)NC(=O)CCCCCCCCC/C=C\CCCCCCOC(=O)CCCCCCCCCCCCC. The largest absolute Gasteiger partial charge is 0.466 e. The van der Waals surface area contributed by atoms with E-state index >= 15 is 0 Å². The van der Waals surface area contributed by atoms with Gasteiger partial charge in [-0.15, -0.1) is 0 Å². The number of rotatable bonds is 48. The molecule has 394 valence electrons. The van der Waals surface area contributed by atoms with Gasteiger partial charge in [-0.3, -0.25) is 9.59 Å². The molecule has 1 aliphatic rings. The van der Waals surface area contributed by atoms with Crippen LogP contribution in [0.1, 0.15) is 258 Å². The van der Waals surface area contributed by atoms with E-state index in [4.69, 9.17) is 14.2 Å². The first-order valence-corrected chi connectivity index (χ1v) is 28.1. The van der Waals surface area contributed by atoms with Crippen molar-refractivity contribution in [2.45, 2.75) is 301 Å². The van der Waals surface area contributed by atoms with Crippen molar-refractivity contribution in [2.24, 2.45) is 0 Å². The number of unbranched alkanes of at least 4 members (excludes halogenated alkanes) is 32. The van der Waals surface area contributed by atoms with Crippen molar-refractivity contribution in [3.05, 3.63) is 24.3 Å². The van der Waals surface area contributed by atoms with Gasteiger partial charge in [-0.1, -0.05) is 212 Å². The number of nitrogens with one attached hydrogen (secondary N) is 1. The maximum atomic E-state index is 13.0. The molecule has 0 aliphatic carbocycles. The van der Waals surface area contributed by atoms with Crippen LogP contribution < -0.4 is 5.32 Å². The van der Waals surface area contributed by atoms with Gasteiger partial charge >= 0.3 is 5.97 Å². The lowest BCUT2D eigenvalue weighted by atomic mass is 9.99. The summed E-state index contributed by atoms with van der Waals surface area (Å²) in [5.41, 5.74) is 0. The Morgan fingerprint density at radius 3 is 1.43 bits per heavy atom. The van der Waals surface area contributed by atoms with Gasteiger partial charge < -0.3 is 45.1 Å². The molecule has 0 aromatic rings. The van der Waals surface area contributed by atoms with Crippen LogP contribution in [0.2, 0.25) is 0 Å². The summed E-state index contributed by atoms with van der Waals surface area (Å²) >= 11 is 0. The normalized spacial score (nSPS) is 19.7. The second kappa shape index (κ2) is 46.5. The highest BCUT2D eigenvalue weighted by Crippen LogP contribution is 2.23. The summed E-state index contributed by atoms with van der Waals surface area (Å²) in [5, 5.41) is 54.3. The zero-order chi connectivity index (χ0) is 48.8. The molecule has 0 saturated carbocycles. The van der Waals surface area contributed by atoms with E-state index in [-0.39, 0.29) is 18.5 Å². The maximum Gasteiger partial charge on any atom is 0.305 e. The summed E-state index contributed by atoms with van der Waals surface area (Å²) in [4.78, 5) is 25.0. The number of carbonyl (C=O) groups is 2. The summed E-state index contributed by atoms with van der Waals surface area (Å²) in [5.74, 6) is -0.226. The Bertz CT molecular complexity index is 1170. The second-order valence-corrected chi connectivity index (χ2v) is 19.6. The van der Waals surface area contributed by atoms with Gasteiger partial charge in [-0.2, -0.15) is 0 Å². The second-order valence-electron chi connectivity index (χ2n) is 19.6. The van der Waals surface area contributed by atoms with Crippen LogP contribution in [0.5, 0.6) is 0 Å². The molecular weight excluding hydrogens is 847 g/mol. The van der Waals surface area contributed by atoms with Gasteiger partial charge in [0.25, 0.3) is 0 Å². The lowest BCUT2D eigenvalue weighted by Gasteiger charge is -2.40. The molecule has 1 saturated heterocycles. The Labute approximate surface area is 410 Å². The topological polar surface area (TPSA) is 175 Å². The molecule has 1 amide bonds. The van der Waals surface area contributed by atoms with E-state index in [9.17, 15) is 35.1 Å². The van der Waals surface area contributed by atoms with Gasteiger partial charge in [0.2, 0.25) is 5.91 Å². The summed E-state index contributed by atoms with van der Waals surface area (Å²) in [6, 6.07) is -0.820. The molecule has 1 fully saturated rings. The number of aliphatic hydroxyl groups is 5. The van der Waals surface area contributed by atoms with E-state index in [1.165, 1.54) is 148 Å². The average Bonchev–Trinajstić information content (AvgIpc) is 3.32. The molecule has 0 bridgehead atoms. The predicted molar refractivity (Wildman–Crippen MR) is 274 cm³/mol. The standard InChI is InChI=1S/C56H105NO10/c1-3-5-7-9-11-13-15-19-23-26-30-34-38-42-49(59)48(47-66-56-55(64)54(63)53(62)50(46-58)67-56)57-51(60)43-39-35-31-27-24-20-17-16-18-21-25-29-33-37-41-45-65-52(61)44-40-36-32-28-22-14-12-10-8-6-4-2/h18,21,38,42,48-50,53-56,58-59,62-64H,3-17,19-20,22-37,39-41,43-47H2,1-2H3,(H,57,60)/b21-18-,42-38+. The maximum absolute atomic E-state index is 13.0. The Balaban J connectivity index is 2.17. The number of hydrogen-bond donors (Lipinski definition) is 6. The van der Waals surface area contributed by atoms with Crippen molar-refractivity contribution < 1.29 is 49.3 Å². The molecule has 7 unspecified atom stereocenters. The summed E-state index contributed by atoms with van der Waals surface area (Å²) in [6.07, 6.45) is 43.9. The first-order valence-electron chi connectivity index (χ1n) is 28.1. The lowest BCUT2D eigenvalue weighted by molar-refractivity contribution is -0.302. The third-order valence-electron chi connectivity index (χ3n) is 13.3. The van der Waals surface area contributed by atoms with E-state index in [1.54, 1.807) is 6.08 Å². The van der Waals surface area contributed by atoms with Crippen LogP contribution in [0.4, 0.5) is 0 Å². The average molecular weight is 952 g/mol. The predicted octanol–water partition coefficient (Wildman–Crippen LogP) is 12.2. The fourth-order valence-electron chi connectivity index (χ4n) is 8.78. The van der Waals surface area contributed by atoms with E-state index in [0.717, 1.165) is 83.5 Å². The van der Waals surface area contributed by atoms with Crippen LogP contribution in [0.3, 0.4) is 0 Å². The van der Waals surface area contributed by atoms with Crippen molar-refractivity contribution >= 4 is 11.9 Å². The highest BCUT2D eigenvalue weighted by atomic mass is 16.7. The quantitative estimate of drug-likeness (QED) is 0.0196. The number of carbonyl (C=O) groups excluding carboxylic acids is 2. The molecular formula is C56H105NO10. The van der Waals surface area contributed by atoms with Crippen molar-refractivity contribution in [3.63, 3.8) is 0 Å². The minimum Gasteiger partial charge on any atom is -0.466 e. The van der Waals surface area contributed by atoms with Crippen LogP contribution in [0.25, 0.3) is 0 Å². The Morgan fingerprint density at radius 1 is 0.537 bits per heavy atom. The smallest absolute Gasteiger partial charge is 0.305 e. The first kappa shape index (κ1) is 63.2. The number of ether oxygens (including phenoxy) is 3. The van der Waals surface area contributed by atoms with Crippen LogP contribution in [0.15, 0.2) is 24.3 Å². The van der Waals surface area contributed by atoms with E-state index < -0.39 is 49.5 Å². The highest BCUT2D eigenvalue weighted by Gasteiger charge is 2.44. The van der Waals surface area contributed by atoms with E-state index in [1.807, 2.05) is 6.08 Å². The fraction of sp³-hybridized carbons (Fsp3) is 0.893.